The van der Waals surface area contributed by atoms with Gasteiger partial charge in [0, 0.05) is 0 Å². The number of nitrogens with zero attached hydrogens (tertiary/aromatic N) is 1. The van der Waals surface area contributed by atoms with E-state index >= 15 is 0 Å². The summed E-state index contributed by atoms with van der Waals surface area (Å²) in [6, 6.07) is 15.7. The zero-order valence-electron chi connectivity index (χ0n) is 17.8. The number of barbiturate groups is 1. The lowest BCUT2D eigenvalue weighted by atomic mass is 10.1. The number of anilines is 1. The van der Waals surface area contributed by atoms with Crippen LogP contribution in [0.15, 0.2) is 66.2 Å². The maximum atomic E-state index is 13.6. The van der Waals surface area contributed by atoms with Crippen LogP contribution in [0.4, 0.5) is 14.9 Å². The molecule has 1 N–H and O–H groups in total. The second kappa shape index (κ2) is 10.2. The van der Waals surface area contributed by atoms with Crippen LogP contribution >= 0.6 is 45.2 Å². The predicted molar refractivity (Wildman–Crippen MR) is 143 cm³/mol. The number of carbonyl (C=O) groups excluding carboxylic acids is 3. The Hall–Kier alpha value is -2.80. The molecule has 0 bridgehead atoms. The molecule has 4 rings (SSSR count). The number of rotatable bonds is 5. The molecule has 1 fully saturated rings. The fourth-order valence-electron chi connectivity index (χ4n) is 3.43. The molecule has 0 radical (unpaired) electrons. The minimum Gasteiger partial charge on any atom is -0.487 e. The van der Waals surface area contributed by atoms with Crippen molar-refractivity contribution in [1.82, 2.24) is 5.32 Å². The van der Waals surface area contributed by atoms with E-state index in [2.05, 4.69) is 56.6 Å². The van der Waals surface area contributed by atoms with Crippen molar-refractivity contribution in [2.45, 2.75) is 13.5 Å². The second-order valence-corrected chi connectivity index (χ2v) is 9.85. The summed E-state index contributed by atoms with van der Waals surface area (Å²) >= 11 is 4.27. The molecule has 3 aromatic carbocycles. The van der Waals surface area contributed by atoms with Crippen molar-refractivity contribution in [2.24, 2.45) is 0 Å². The Morgan fingerprint density at radius 3 is 2.38 bits per heavy atom. The molecule has 0 unspecified atom stereocenters. The zero-order valence-corrected chi connectivity index (χ0v) is 22.1. The van der Waals surface area contributed by atoms with Crippen LogP contribution in [0.3, 0.4) is 0 Å². The minimum atomic E-state index is -0.929. The van der Waals surface area contributed by atoms with E-state index in [0.717, 1.165) is 29.2 Å². The summed E-state index contributed by atoms with van der Waals surface area (Å²) in [5, 5.41) is 2.14. The van der Waals surface area contributed by atoms with Crippen molar-refractivity contribution in [3.05, 3.63) is 95.9 Å². The molecule has 0 aliphatic carbocycles. The van der Waals surface area contributed by atoms with Crippen molar-refractivity contribution in [1.29, 1.82) is 0 Å². The van der Waals surface area contributed by atoms with Gasteiger partial charge in [-0.25, -0.2) is 14.1 Å². The van der Waals surface area contributed by atoms with Gasteiger partial charge in [-0.2, -0.15) is 0 Å². The first-order chi connectivity index (χ1) is 16.2. The molecule has 0 saturated carbocycles. The van der Waals surface area contributed by atoms with E-state index in [1.54, 1.807) is 12.1 Å². The molecular weight excluding hydrogens is 665 g/mol. The molecular formula is C25H17FI2N2O4. The van der Waals surface area contributed by atoms with Crippen molar-refractivity contribution in [3.8, 4) is 5.75 Å². The smallest absolute Gasteiger partial charge is 0.335 e. The summed E-state index contributed by atoms with van der Waals surface area (Å²) in [6.45, 7) is 2.42. The minimum absolute atomic E-state index is 0.0324. The maximum absolute atomic E-state index is 13.6. The number of benzene rings is 3. The molecule has 1 heterocycles. The quantitative estimate of drug-likeness (QED) is 0.217. The Kier molecular flexibility index (Phi) is 7.31. The maximum Gasteiger partial charge on any atom is 0.335 e. The average Bonchev–Trinajstić information content (AvgIpc) is 2.76. The lowest BCUT2D eigenvalue weighted by Gasteiger charge is -2.26. The summed E-state index contributed by atoms with van der Waals surface area (Å²) in [6.07, 6.45) is 1.41. The van der Waals surface area contributed by atoms with Crippen LogP contribution in [0.1, 0.15) is 16.7 Å². The van der Waals surface area contributed by atoms with Gasteiger partial charge in [-0.05, 0) is 99.6 Å². The second-order valence-electron chi connectivity index (χ2n) is 7.53. The molecule has 1 saturated heterocycles. The van der Waals surface area contributed by atoms with Gasteiger partial charge in [-0.15, -0.1) is 0 Å². The Morgan fingerprint density at radius 1 is 1.00 bits per heavy atom. The highest BCUT2D eigenvalue weighted by Gasteiger charge is 2.37. The third-order valence-corrected chi connectivity index (χ3v) is 6.57. The van der Waals surface area contributed by atoms with E-state index in [1.165, 1.54) is 24.3 Å². The van der Waals surface area contributed by atoms with E-state index in [4.69, 9.17) is 4.74 Å². The van der Waals surface area contributed by atoms with Gasteiger partial charge in [0.25, 0.3) is 11.8 Å². The average molecular weight is 682 g/mol. The monoisotopic (exact) mass is 682 g/mol. The van der Waals surface area contributed by atoms with Gasteiger partial charge in [0.15, 0.2) is 0 Å². The molecule has 3 aromatic rings. The standard InChI is InChI=1S/C25H17FI2N2O4/c1-14-4-2-5-15(8-14)13-34-22-20(27)10-16(11-21(22)28)9-19-23(31)29-25(33)30(24(19)32)18-7-3-6-17(26)12-18/h2-12H,13H2,1H3,(H,29,31,33)/b19-9+. The van der Waals surface area contributed by atoms with E-state index in [-0.39, 0.29) is 11.3 Å². The number of aryl methyl sites for hydroxylation is 1. The highest BCUT2D eigenvalue weighted by molar-refractivity contribution is 14.1. The largest absolute Gasteiger partial charge is 0.487 e. The first kappa shape index (κ1) is 24.3. The van der Waals surface area contributed by atoms with Crippen LogP contribution in [0.2, 0.25) is 0 Å². The number of nitrogens with one attached hydrogen (secondary N) is 1. The first-order valence-electron chi connectivity index (χ1n) is 10.1. The van der Waals surface area contributed by atoms with Gasteiger partial charge in [0.05, 0.1) is 12.8 Å². The highest BCUT2D eigenvalue weighted by Crippen LogP contribution is 2.31. The van der Waals surface area contributed by atoms with E-state index in [1.807, 2.05) is 25.1 Å². The van der Waals surface area contributed by atoms with Gasteiger partial charge >= 0.3 is 6.03 Å². The normalized spacial score (nSPS) is 15.0. The van der Waals surface area contributed by atoms with Crippen LogP contribution in [0.5, 0.6) is 5.75 Å². The Balaban J connectivity index is 1.61. The Labute approximate surface area is 222 Å². The summed E-state index contributed by atoms with van der Waals surface area (Å²) in [7, 11) is 0. The van der Waals surface area contributed by atoms with Gasteiger partial charge in [-0.3, -0.25) is 14.9 Å². The molecule has 1 aliphatic heterocycles. The van der Waals surface area contributed by atoms with E-state index in [0.29, 0.717) is 17.9 Å². The van der Waals surface area contributed by atoms with Crippen molar-refractivity contribution in [2.75, 3.05) is 4.90 Å². The summed E-state index contributed by atoms with van der Waals surface area (Å²) in [5.41, 5.74) is 2.58. The van der Waals surface area contributed by atoms with E-state index < -0.39 is 23.7 Å². The molecule has 0 aromatic heterocycles. The van der Waals surface area contributed by atoms with Crippen molar-refractivity contribution >= 4 is 74.8 Å². The van der Waals surface area contributed by atoms with Gasteiger partial charge in [0.1, 0.15) is 23.7 Å². The number of halogens is 3. The lowest BCUT2D eigenvalue weighted by Crippen LogP contribution is -2.54. The molecule has 172 valence electrons. The Morgan fingerprint density at radius 2 is 1.71 bits per heavy atom. The Bertz CT molecular complexity index is 1330. The van der Waals surface area contributed by atoms with Gasteiger partial charge < -0.3 is 4.74 Å². The molecule has 1 aliphatic rings. The molecule has 34 heavy (non-hydrogen) atoms. The third-order valence-electron chi connectivity index (χ3n) is 4.97. The van der Waals surface area contributed by atoms with Crippen LogP contribution in [-0.4, -0.2) is 17.8 Å². The number of amides is 4. The van der Waals surface area contributed by atoms with E-state index in [9.17, 15) is 18.8 Å². The first-order valence-corrected chi connectivity index (χ1v) is 12.2. The van der Waals surface area contributed by atoms with Crippen molar-refractivity contribution < 1.29 is 23.5 Å². The van der Waals surface area contributed by atoms with Crippen LogP contribution < -0.4 is 15.0 Å². The molecule has 6 nitrogen and oxygen atoms in total. The summed E-state index contributed by atoms with van der Waals surface area (Å²) in [4.78, 5) is 38.5. The predicted octanol–water partition coefficient (Wildman–Crippen LogP) is 5.59. The highest BCUT2D eigenvalue weighted by atomic mass is 127. The SMILES string of the molecule is Cc1cccc(COc2c(I)cc(/C=C3\C(=O)NC(=O)N(c4cccc(F)c4)C3=O)cc2I)c1. The molecule has 0 atom stereocenters. The van der Waals surface area contributed by atoms with Gasteiger partial charge in [-0.1, -0.05) is 35.9 Å². The van der Waals surface area contributed by atoms with Crippen LogP contribution in [-0.2, 0) is 16.2 Å². The zero-order chi connectivity index (χ0) is 24.4. The van der Waals surface area contributed by atoms with Crippen LogP contribution in [0.25, 0.3) is 6.08 Å². The molecule has 4 amide bonds. The fraction of sp³-hybridized carbons (Fsp3) is 0.0800. The van der Waals surface area contributed by atoms with Crippen LogP contribution in [0, 0.1) is 19.9 Å². The number of hydrogen-bond acceptors (Lipinski definition) is 4. The number of carbonyl (C=O) groups is 3. The molecule has 9 heteroatoms. The molecule has 0 spiro atoms. The summed E-state index contributed by atoms with van der Waals surface area (Å²) < 4.78 is 21.3. The fourth-order valence-corrected chi connectivity index (χ4v) is 5.56. The van der Waals surface area contributed by atoms with Crippen molar-refractivity contribution in [3.63, 3.8) is 0 Å². The number of urea groups is 1. The number of ether oxygens (including phenoxy) is 1. The number of imide groups is 2. The lowest BCUT2D eigenvalue weighted by molar-refractivity contribution is -0.122. The number of hydrogen-bond donors (Lipinski definition) is 1. The van der Waals surface area contributed by atoms with Gasteiger partial charge in [0.2, 0.25) is 0 Å². The topological polar surface area (TPSA) is 75.7 Å². The third kappa shape index (κ3) is 5.30. The summed E-state index contributed by atoms with van der Waals surface area (Å²) in [5.74, 6) is -1.55.